The van der Waals surface area contributed by atoms with Crippen molar-refractivity contribution in [1.82, 2.24) is 10.2 Å². The van der Waals surface area contributed by atoms with Gasteiger partial charge in [0.15, 0.2) is 0 Å². The maximum atomic E-state index is 12.3. The molecule has 2 aliphatic rings. The molecule has 1 unspecified atom stereocenters. The third-order valence-corrected chi connectivity index (χ3v) is 5.48. The first-order valence-corrected chi connectivity index (χ1v) is 9.79. The summed E-state index contributed by atoms with van der Waals surface area (Å²) in [6.07, 6.45) is 5.60. The van der Waals surface area contributed by atoms with Crippen LogP contribution in [0, 0.1) is 0 Å². The minimum absolute atomic E-state index is 0.0168. The van der Waals surface area contributed by atoms with Gasteiger partial charge in [0.05, 0.1) is 11.3 Å². The van der Waals surface area contributed by atoms with Crippen LogP contribution >= 0.6 is 11.3 Å². The first-order chi connectivity index (χ1) is 10.9. The van der Waals surface area contributed by atoms with Crippen molar-refractivity contribution in [1.29, 1.82) is 0 Å². The molecule has 0 aromatic carbocycles. The second kappa shape index (κ2) is 6.29. The van der Waals surface area contributed by atoms with Crippen LogP contribution < -0.4 is 5.32 Å². The topological polar surface area (TPSA) is 78.8 Å². The Kier molecular flexibility index (Phi) is 4.36. The Balaban J connectivity index is 1.65. The van der Waals surface area contributed by atoms with Gasteiger partial charge < -0.3 is 10.2 Å². The van der Waals surface area contributed by atoms with Crippen LogP contribution in [0.1, 0.15) is 12.5 Å². The summed E-state index contributed by atoms with van der Waals surface area (Å²) in [5.74, 6) is 0.153. The SMILES string of the molecule is CC(Cc1ccsc1)NC(=O)C1=CN2CCS(=O)(=O)N=C2C=C1. The number of hydrogen-bond donors (Lipinski definition) is 1. The van der Waals surface area contributed by atoms with Gasteiger partial charge in [-0.3, -0.25) is 4.79 Å². The Bertz CT molecular complexity index is 792. The fourth-order valence-corrected chi connectivity index (χ4v) is 4.11. The molecular formula is C15H17N3O3S2. The van der Waals surface area contributed by atoms with E-state index in [0.717, 1.165) is 6.42 Å². The number of carbonyl (C=O) groups is 1. The number of nitrogens with one attached hydrogen (secondary N) is 1. The van der Waals surface area contributed by atoms with Crippen molar-refractivity contribution < 1.29 is 13.2 Å². The molecule has 3 rings (SSSR count). The van der Waals surface area contributed by atoms with Crippen LogP contribution in [0.2, 0.25) is 0 Å². The summed E-state index contributed by atoms with van der Waals surface area (Å²) in [4.78, 5) is 14.0. The minimum Gasteiger partial charge on any atom is -0.349 e. The zero-order valence-corrected chi connectivity index (χ0v) is 14.2. The molecule has 1 aromatic rings. The van der Waals surface area contributed by atoms with Gasteiger partial charge in [0.1, 0.15) is 5.84 Å². The third kappa shape index (κ3) is 3.89. The van der Waals surface area contributed by atoms with Crippen LogP contribution in [0.3, 0.4) is 0 Å². The van der Waals surface area contributed by atoms with Crippen LogP contribution in [-0.2, 0) is 21.2 Å². The van der Waals surface area contributed by atoms with Crippen LogP contribution in [0.15, 0.2) is 45.1 Å². The first kappa shape index (κ1) is 15.9. The highest BCUT2D eigenvalue weighted by Crippen LogP contribution is 2.16. The molecule has 1 amide bonds. The third-order valence-electron chi connectivity index (χ3n) is 3.59. The number of amides is 1. The van der Waals surface area contributed by atoms with Crippen molar-refractivity contribution in [2.24, 2.45) is 4.40 Å². The Morgan fingerprint density at radius 3 is 3.04 bits per heavy atom. The van der Waals surface area contributed by atoms with E-state index in [1.807, 2.05) is 18.4 Å². The molecule has 3 heterocycles. The van der Waals surface area contributed by atoms with Crippen LogP contribution in [0.5, 0.6) is 0 Å². The molecule has 1 N–H and O–H groups in total. The van der Waals surface area contributed by atoms with Crippen LogP contribution in [0.25, 0.3) is 0 Å². The molecule has 23 heavy (non-hydrogen) atoms. The lowest BCUT2D eigenvalue weighted by atomic mass is 10.1. The Morgan fingerprint density at radius 2 is 2.30 bits per heavy atom. The first-order valence-electron chi connectivity index (χ1n) is 7.24. The molecule has 1 aromatic heterocycles. The fraction of sp³-hybridized carbons (Fsp3) is 0.333. The summed E-state index contributed by atoms with van der Waals surface area (Å²) >= 11 is 1.64. The van der Waals surface area contributed by atoms with Gasteiger partial charge in [0, 0.05) is 18.8 Å². The smallest absolute Gasteiger partial charge is 0.256 e. The van der Waals surface area contributed by atoms with Gasteiger partial charge in [-0.2, -0.15) is 11.3 Å². The highest BCUT2D eigenvalue weighted by Gasteiger charge is 2.25. The molecule has 0 aliphatic carbocycles. The van der Waals surface area contributed by atoms with Crippen molar-refractivity contribution >= 4 is 33.1 Å². The molecule has 0 spiro atoms. The van der Waals surface area contributed by atoms with E-state index < -0.39 is 10.0 Å². The highest BCUT2D eigenvalue weighted by atomic mass is 32.2. The Hall–Kier alpha value is -1.93. The summed E-state index contributed by atoms with van der Waals surface area (Å²) in [7, 11) is -3.37. The van der Waals surface area contributed by atoms with E-state index in [4.69, 9.17) is 0 Å². The van der Waals surface area contributed by atoms with E-state index >= 15 is 0 Å². The van der Waals surface area contributed by atoms with Crippen molar-refractivity contribution in [3.8, 4) is 0 Å². The van der Waals surface area contributed by atoms with E-state index in [1.54, 1.807) is 34.6 Å². The number of amidine groups is 1. The predicted octanol–water partition coefficient (Wildman–Crippen LogP) is 1.29. The summed E-state index contributed by atoms with van der Waals surface area (Å²) < 4.78 is 26.6. The lowest BCUT2D eigenvalue weighted by Gasteiger charge is -2.27. The molecule has 1 atom stereocenters. The molecular weight excluding hydrogens is 334 g/mol. The van der Waals surface area contributed by atoms with E-state index in [1.165, 1.54) is 5.56 Å². The summed E-state index contributed by atoms with van der Waals surface area (Å²) in [5.41, 5.74) is 1.70. The zero-order valence-electron chi connectivity index (χ0n) is 12.6. The van der Waals surface area contributed by atoms with Gasteiger partial charge >= 0.3 is 0 Å². The maximum Gasteiger partial charge on any atom is 0.256 e. The monoisotopic (exact) mass is 351 g/mol. The lowest BCUT2D eigenvalue weighted by molar-refractivity contribution is -0.117. The lowest BCUT2D eigenvalue weighted by Crippen LogP contribution is -2.39. The largest absolute Gasteiger partial charge is 0.349 e. The van der Waals surface area contributed by atoms with E-state index in [9.17, 15) is 13.2 Å². The van der Waals surface area contributed by atoms with Crippen molar-refractivity contribution in [3.05, 3.63) is 46.3 Å². The molecule has 0 bridgehead atoms. The van der Waals surface area contributed by atoms with Crippen molar-refractivity contribution in [2.75, 3.05) is 12.3 Å². The summed E-state index contributed by atoms with van der Waals surface area (Å²) in [6.45, 7) is 2.27. The zero-order chi connectivity index (χ0) is 16.4. The van der Waals surface area contributed by atoms with E-state index in [0.29, 0.717) is 18.0 Å². The van der Waals surface area contributed by atoms with Gasteiger partial charge in [-0.25, -0.2) is 8.42 Å². The van der Waals surface area contributed by atoms with Crippen LogP contribution in [-0.4, -0.2) is 43.4 Å². The van der Waals surface area contributed by atoms with Gasteiger partial charge in [-0.15, -0.1) is 4.40 Å². The number of carbonyl (C=O) groups excluding carboxylic acids is 1. The number of hydrogen-bond acceptors (Lipinski definition) is 5. The Morgan fingerprint density at radius 1 is 1.48 bits per heavy atom. The second-order valence-electron chi connectivity index (χ2n) is 5.56. The molecule has 6 nitrogen and oxygen atoms in total. The van der Waals surface area contributed by atoms with Crippen LogP contribution in [0.4, 0.5) is 0 Å². The van der Waals surface area contributed by atoms with Gasteiger partial charge in [0.2, 0.25) is 0 Å². The normalized spacial score (nSPS) is 20.3. The van der Waals surface area contributed by atoms with Crippen molar-refractivity contribution in [2.45, 2.75) is 19.4 Å². The minimum atomic E-state index is -3.37. The van der Waals surface area contributed by atoms with Gasteiger partial charge in [0.25, 0.3) is 15.9 Å². The molecule has 0 saturated carbocycles. The van der Waals surface area contributed by atoms with E-state index in [2.05, 4.69) is 15.1 Å². The quantitative estimate of drug-likeness (QED) is 0.887. The van der Waals surface area contributed by atoms with Gasteiger partial charge in [-0.05, 0) is 47.9 Å². The highest BCUT2D eigenvalue weighted by molar-refractivity contribution is 7.90. The average molecular weight is 351 g/mol. The number of rotatable bonds is 4. The van der Waals surface area contributed by atoms with Gasteiger partial charge in [-0.1, -0.05) is 0 Å². The standard InChI is InChI=1S/C15H17N3O3S2/c1-11(8-12-4-6-22-10-12)16-15(19)13-2-3-14-17-23(20,21)7-5-18(14)9-13/h2-4,6,9-11H,5,7-8H2,1H3,(H,16,19). The van der Waals surface area contributed by atoms with Crippen molar-refractivity contribution in [3.63, 3.8) is 0 Å². The number of nitrogens with zero attached hydrogens (tertiary/aromatic N) is 2. The summed E-state index contributed by atoms with van der Waals surface area (Å²) in [5, 5.41) is 7.05. The summed E-state index contributed by atoms with van der Waals surface area (Å²) in [6, 6.07) is 2.06. The average Bonchev–Trinajstić information content (AvgIpc) is 2.98. The fourth-order valence-electron chi connectivity index (χ4n) is 2.46. The predicted molar refractivity (Wildman–Crippen MR) is 90.8 cm³/mol. The number of fused-ring (bicyclic) bond motifs is 1. The Labute approximate surface area is 139 Å². The molecule has 0 fully saturated rings. The van der Waals surface area contributed by atoms with E-state index in [-0.39, 0.29) is 17.7 Å². The molecule has 2 aliphatic heterocycles. The maximum absolute atomic E-state index is 12.3. The second-order valence-corrected chi connectivity index (χ2v) is 8.09. The number of sulfonamides is 1. The number of thiophene rings is 1. The molecule has 0 saturated heterocycles. The molecule has 0 radical (unpaired) electrons. The molecule has 8 heteroatoms. The molecule has 122 valence electrons.